The number of fused-ring (bicyclic) bond motifs is 2. The fraction of sp³-hybridized carbons (Fsp3) is 0.333. The molecule has 2 aliphatic rings. The van der Waals surface area contributed by atoms with Crippen molar-refractivity contribution in [1.82, 2.24) is 0 Å². The van der Waals surface area contributed by atoms with Crippen molar-refractivity contribution in [2.75, 3.05) is 6.61 Å². The van der Waals surface area contributed by atoms with Gasteiger partial charge < -0.3 is 9.84 Å². The van der Waals surface area contributed by atoms with Crippen LogP contribution >= 0.6 is 11.6 Å². The second kappa shape index (κ2) is 4.75. The van der Waals surface area contributed by atoms with E-state index >= 15 is 0 Å². The monoisotopic (exact) mass is 300 g/mol. The second-order valence-electron chi connectivity index (χ2n) is 6.18. The normalized spacial score (nSPS) is 18.2. The van der Waals surface area contributed by atoms with Crippen LogP contribution in [-0.4, -0.2) is 17.3 Å². The Bertz CT molecular complexity index is 683. The first-order chi connectivity index (χ1) is 10.1. The summed E-state index contributed by atoms with van der Waals surface area (Å²) in [6.45, 7) is 0.710. The highest BCUT2D eigenvalue weighted by molar-refractivity contribution is 6.30. The van der Waals surface area contributed by atoms with Crippen molar-refractivity contribution in [2.45, 2.75) is 31.3 Å². The highest BCUT2D eigenvalue weighted by atomic mass is 35.5. The Kier molecular flexibility index (Phi) is 2.98. The van der Waals surface area contributed by atoms with Crippen LogP contribution in [0, 0.1) is 0 Å². The number of halogens is 1. The van der Waals surface area contributed by atoms with E-state index in [9.17, 15) is 5.11 Å². The smallest absolute Gasteiger partial charge is 0.126 e. The molecular weight excluding hydrogens is 284 g/mol. The van der Waals surface area contributed by atoms with Crippen LogP contribution in [0.25, 0.3) is 0 Å². The standard InChI is InChI=1S/C18H17ClO2/c19-16-7-12-5-6-21-17(12)15(8-16)11-18(20)9-13-3-1-2-4-14(13)10-18/h1-4,7-8,20H,5-6,9-11H2. The number of rotatable bonds is 2. The van der Waals surface area contributed by atoms with Gasteiger partial charge in [-0.3, -0.25) is 0 Å². The highest BCUT2D eigenvalue weighted by Crippen LogP contribution is 2.38. The molecule has 2 aromatic rings. The molecule has 4 rings (SSSR count). The first kappa shape index (κ1) is 13.2. The van der Waals surface area contributed by atoms with E-state index in [4.69, 9.17) is 16.3 Å². The Labute approximate surface area is 129 Å². The maximum Gasteiger partial charge on any atom is 0.126 e. The molecule has 1 aliphatic carbocycles. The van der Waals surface area contributed by atoms with Gasteiger partial charge in [0, 0.05) is 30.7 Å². The second-order valence-corrected chi connectivity index (χ2v) is 6.61. The van der Waals surface area contributed by atoms with Gasteiger partial charge in [-0.2, -0.15) is 0 Å². The molecule has 108 valence electrons. The molecule has 0 fully saturated rings. The zero-order valence-corrected chi connectivity index (χ0v) is 12.5. The molecule has 1 heterocycles. The molecule has 0 spiro atoms. The topological polar surface area (TPSA) is 29.5 Å². The zero-order valence-electron chi connectivity index (χ0n) is 11.7. The maximum absolute atomic E-state index is 11.0. The van der Waals surface area contributed by atoms with Crippen molar-refractivity contribution in [3.8, 4) is 5.75 Å². The van der Waals surface area contributed by atoms with E-state index in [0.717, 1.165) is 28.3 Å². The molecule has 0 bridgehead atoms. The lowest BCUT2D eigenvalue weighted by Gasteiger charge is -2.23. The Morgan fingerprint density at radius 2 is 1.81 bits per heavy atom. The van der Waals surface area contributed by atoms with Crippen LogP contribution in [0.2, 0.25) is 5.02 Å². The van der Waals surface area contributed by atoms with Gasteiger partial charge in [0.25, 0.3) is 0 Å². The van der Waals surface area contributed by atoms with Gasteiger partial charge in [-0.05, 0) is 34.4 Å². The number of hydrogen-bond donors (Lipinski definition) is 1. The first-order valence-corrected chi connectivity index (χ1v) is 7.74. The third-order valence-electron chi connectivity index (χ3n) is 4.50. The van der Waals surface area contributed by atoms with Crippen LogP contribution in [0.4, 0.5) is 0 Å². The van der Waals surface area contributed by atoms with E-state index in [1.165, 1.54) is 11.1 Å². The summed E-state index contributed by atoms with van der Waals surface area (Å²) < 4.78 is 5.75. The fourth-order valence-corrected chi connectivity index (χ4v) is 3.89. The zero-order chi connectivity index (χ0) is 14.4. The molecule has 0 saturated heterocycles. The maximum atomic E-state index is 11.0. The predicted octanol–water partition coefficient (Wildman–Crippen LogP) is 3.35. The van der Waals surface area contributed by atoms with Gasteiger partial charge in [-0.25, -0.2) is 0 Å². The number of aliphatic hydroxyl groups is 1. The summed E-state index contributed by atoms with van der Waals surface area (Å²) >= 11 is 6.21. The molecular formula is C18H17ClO2. The molecule has 0 amide bonds. The van der Waals surface area contributed by atoms with Crippen molar-refractivity contribution in [3.05, 3.63) is 63.7 Å². The van der Waals surface area contributed by atoms with Crippen molar-refractivity contribution < 1.29 is 9.84 Å². The van der Waals surface area contributed by atoms with Crippen LogP contribution in [0.5, 0.6) is 5.75 Å². The summed E-state index contributed by atoms with van der Waals surface area (Å²) in [5.74, 6) is 0.934. The third kappa shape index (κ3) is 2.33. The van der Waals surface area contributed by atoms with E-state index in [-0.39, 0.29) is 0 Å². The summed E-state index contributed by atoms with van der Waals surface area (Å²) in [4.78, 5) is 0. The Hall–Kier alpha value is -1.51. The number of ether oxygens (including phenoxy) is 1. The SMILES string of the molecule is OC1(Cc2cc(Cl)cc3c2OCC3)Cc2ccccc2C1. The summed E-state index contributed by atoms with van der Waals surface area (Å²) in [6.07, 6.45) is 2.89. The van der Waals surface area contributed by atoms with Crippen LogP contribution < -0.4 is 4.74 Å². The lowest BCUT2D eigenvalue weighted by molar-refractivity contribution is 0.0512. The van der Waals surface area contributed by atoms with Crippen LogP contribution in [0.1, 0.15) is 22.3 Å². The minimum absolute atomic E-state index is 0.588. The van der Waals surface area contributed by atoms with Crippen molar-refractivity contribution >= 4 is 11.6 Å². The van der Waals surface area contributed by atoms with E-state index < -0.39 is 5.60 Å². The molecule has 3 heteroatoms. The average Bonchev–Trinajstić information content (AvgIpc) is 3.01. The predicted molar refractivity (Wildman–Crippen MR) is 83.2 cm³/mol. The van der Waals surface area contributed by atoms with E-state index in [0.29, 0.717) is 25.9 Å². The summed E-state index contributed by atoms with van der Waals surface area (Å²) in [6, 6.07) is 12.2. The molecule has 2 nitrogen and oxygen atoms in total. The van der Waals surface area contributed by atoms with Gasteiger partial charge in [0.1, 0.15) is 5.75 Å². The van der Waals surface area contributed by atoms with Crippen LogP contribution in [0.15, 0.2) is 36.4 Å². The van der Waals surface area contributed by atoms with Crippen molar-refractivity contribution in [3.63, 3.8) is 0 Å². The van der Waals surface area contributed by atoms with Crippen molar-refractivity contribution in [1.29, 1.82) is 0 Å². The number of benzene rings is 2. The van der Waals surface area contributed by atoms with Crippen molar-refractivity contribution in [2.24, 2.45) is 0 Å². The largest absolute Gasteiger partial charge is 0.493 e. The molecule has 1 N–H and O–H groups in total. The minimum Gasteiger partial charge on any atom is -0.493 e. The summed E-state index contributed by atoms with van der Waals surface area (Å²) in [5.41, 5.74) is 3.97. The molecule has 21 heavy (non-hydrogen) atoms. The quantitative estimate of drug-likeness (QED) is 0.921. The Morgan fingerprint density at radius 1 is 1.10 bits per heavy atom. The fourth-order valence-electron chi connectivity index (χ4n) is 3.63. The molecule has 2 aromatic carbocycles. The van der Waals surface area contributed by atoms with Crippen LogP contribution in [0.3, 0.4) is 0 Å². The summed E-state index contributed by atoms with van der Waals surface area (Å²) in [5, 5.41) is 11.7. The molecule has 1 aliphatic heterocycles. The van der Waals surface area contributed by atoms with Gasteiger partial charge in [-0.15, -0.1) is 0 Å². The molecule has 0 unspecified atom stereocenters. The van der Waals surface area contributed by atoms with E-state index in [1.54, 1.807) is 0 Å². The van der Waals surface area contributed by atoms with E-state index in [1.807, 2.05) is 24.3 Å². The molecule has 0 atom stereocenters. The molecule has 0 radical (unpaired) electrons. The lowest BCUT2D eigenvalue weighted by Crippen LogP contribution is -2.32. The first-order valence-electron chi connectivity index (χ1n) is 7.36. The van der Waals surface area contributed by atoms with E-state index in [2.05, 4.69) is 12.1 Å². The summed E-state index contributed by atoms with van der Waals surface area (Å²) in [7, 11) is 0. The lowest BCUT2D eigenvalue weighted by atomic mass is 9.90. The molecule has 0 aromatic heterocycles. The Morgan fingerprint density at radius 3 is 2.52 bits per heavy atom. The van der Waals surface area contributed by atoms with Gasteiger partial charge >= 0.3 is 0 Å². The average molecular weight is 301 g/mol. The minimum atomic E-state index is -0.728. The Balaban J connectivity index is 1.66. The van der Waals surface area contributed by atoms with Gasteiger partial charge in [0.15, 0.2) is 0 Å². The molecule has 0 saturated carbocycles. The van der Waals surface area contributed by atoms with Gasteiger partial charge in [0.2, 0.25) is 0 Å². The number of hydrogen-bond acceptors (Lipinski definition) is 2. The highest BCUT2D eigenvalue weighted by Gasteiger charge is 2.36. The van der Waals surface area contributed by atoms with Gasteiger partial charge in [0.05, 0.1) is 12.2 Å². The van der Waals surface area contributed by atoms with Crippen LogP contribution in [-0.2, 0) is 25.7 Å². The van der Waals surface area contributed by atoms with Gasteiger partial charge in [-0.1, -0.05) is 35.9 Å². The third-order valence-corrected chi connectivity index (χ3v) is 4.72.